The highest BCUT2D eigenvalue weighted by molar-refractivity contribution is 5.89. The predicted molar refractivity (Wildman–Crippen MR) is 118 cm³/mol. The van der Waals surface area contributed by atoms with Gasteiger partial charge in [0.2, 0.25) is 0 Å². The van der Waals surface area contributed by atoms with E-state index in [9.17, 15) is 4.79 Å². The van der Waals surface area contributed by atoms with Gasteiger partial charge in [-0.1, -0.05) is 75.4 Å². The number of carbonyl (C=O) groups excluding carboxylic acids is 1. The van der Waals surface area contributed by atoms with Gasteiger partial charge in [0.05, 0.1) is 6.54 Å². The third kappa shape index (κ3) is 5.29. The van der Waals surface area contributed by atoms with Gasteiger partial charge in [-0.2, -0.15) is 0 Å². The molecule has 0 bridgehead atoms. The van der Waals surface area contributed by atoms with E-state index >= 15 is 0 Å². The summed E-state index contributed by atoms with van der Waals surface area (Å²) in [5.74, 6) is 1.86. The summed E-state index contributed by atoms with van der Waals surface area (Å²) in [6.45, 7) is 7.08. The summed E-state index contributed by atoms with van der Waals surface area (Å²) in [7, 11) is 0. The first-order chi connectivity index (χ1) is 14.1. The van der Waals surface area contributed by atoms with Crippen LogP contribution in [0.3, 0.4) is 0 Å². The number of amides is 1. The second-order valence-corrected chi connectivity index (χ2v) is 7.32. The highest BCUT2D eigenvalue weighted by Gasteiger charge is 2.19. The van der Waals surface area contributed by atoms with E-state index in [0.717, 1.165) is 22.3 Å². The van der Waals surface area contributed by atoms with Gasteiger partial charge in [0, 0.05) is 5.39 Å². The van der Waals surface area contributed by atoms with Crippen molar-refractivity contribution in [1.29, 1.82) is 0 Å². The zero-order valence-electron chi connectivity index (χ0n) is 17.4. The van der Waals surface area contributed by atoms with Gasteiger partial charge in [-0.25, -0.2) is 0 Å². The number of hydrogen-bond donors (Lipinski definition) is 1. The molecule has 0 unspecified atom stereocenters. The third-order valence-corrected chi connectivity index (χ3v) is 4.88. The lowest BCUT2D eigenvalue weighted by atomic mass is 10.0. The summed E-state index contributed by atoms with van der Waals surface area (Å²) >= 11 is 0. The molecule has 0 fully saturated rings. The van der Waals surface area contributed by atoms with Crippen LogP contribution in [0.4, 0.5) is 0 Å². The molecule has 0 saturated carbocycles. The topological polar surface area (TPSA) is 47.6 Å². The fourth-order valence-corrected chi connectivity index (χ4v) is 3.31. The van der Waals surface area contributed by atoms with E-state index in [1.165, 1.54) is 5.56 Å². The number of para-hydroxylation sites is 1. The molecule has 0 radical (unpaired) electrons. The Morgan fingerprint density at radius 2 is 1.62 bits per heavy atom. The first-order valence-electron chi connectivity index (χ1n) is 10.2. The van der Waals surface area contributed by atoms with Crippen molar-refractivity contribution < 1.29 is 14.3 Å². The maximum atomic E-state index is 12.6. The predicted octanol–water partition coefficient (Wildman–Crippen LogP) is 5.32. The number of benzene rings is 3. The Hall–Kier alpha value is -3.01. The number of rotatable bonds is 9. The molecule has 29 heavy (non-hydrogen) atoms. The average molecular weight is 392 g/mol. The van der Waals surface area contributed by atoms with Gasteiger partial charge < -0.3 is 14.8 Å². The maximum Gasteiger partial charge on any atom is 0.261 e. The van der Waals surface area contributed by atoms with Gasteiger partial charge in [0.15, 0.2) is 6.10 Å². The molecule has 4 heteroatoms. The Kier molecular flexibility index (Phi) is 7.12. The second kappa shape index (κ2) is 9.97. The van der Waals surface area contributed by atoms with Crippen molar-refractivity contribution in [2.75, 3.05) is 13.2 Å². The zero-order valence-corrected chi connectivity index (χ0v) is 17.4. The Bertz CT molecular complexity index is 946. The van der Waals surface area contributed by atoms with Crippen LogP contribution in [0.25, 0.3) is 10.8 Å². The van der Waals surface area contributed by atoms with Crippen LogP contribution in [0.5, 0.6) is 11.5 Å². The molecule has 3 rings (SSSR count). The van der Waals surface area contributed by atoms with Crippen LogP contribution in [-0.4, -0.2) is 25.2 Å². The van der Waals surface area contributed by atoms with Gasteiger partial charge in [-0.05, 0) is 35.4 Å². The van der Waals surface area contributed by atoms with Crippen LogP contribution in [0.15, 0.2) is 66.7 Å². The molecule has 0 aliphatic carbocycles. The molecule has 1 amide bonds. The molecule has 3 aromatic carbocycles. The van der Waals surface area contributed by atoms with E-state index in [0.29, 0.717) is 25.5 Å². The lowest BCUT2D eigenvalue weighted by Crippen LogP contribution is -2.39. The van der Waals surface area contributed by atoms with E-state index in [1.54, 1.807) is 0 Å². The van der Waals surface area contributed by atoms with Crippen LogP contribution in [0, 0.1) is 0 Å². The van der Waals surface area contributed by atoms with E-state index < -0.39 is 6.10 Å². The van der Waals surface area contributed by atoms with Crippen molar-refractivity contribution in [3.05, 3.63) is 72.3 Å². The van der Waals surface area contributed by atoms with E-state index in [4.69, 9.17) is 9.47 Å². The minimum absolute atomic E-state index is 0.124. The summed E-state index contributed by atoms with van der Waals surface area (Å²) in [4.78, 5) is 12.6. The van der Waals surface area contributed by atoms with Crippen molar-refractivity contribution in [2.24, 2.45) is 0 Å². The summed E-state index contributed by atoms with van der Waals surface area (Å²) in [6, 6.07) is 21.9. The van der Waals surface area contributed by atoms with Gasteiger partial charge in [-0.15, -0.1) is 0 Å². The zero-order chi connectivity index (χ0) is 20.6. The van der Waals surface area contributed by atoms with Gasteiger partial charge >= 0.3 is 0 Å². The molecule has 0 aliphatic rings. The molecule has 1 N–H and O–H groups in total. The fourth-order valence-electron chi connectivity index (χ4n) is 3.31. The Labute approximate surface area is 172 Å². The van der Waals surface area contributed by atoms with Crippen LogP contribution >= 0.6 is 0 Å². The molecule has 0 heterocycles. The Morgan fingerprint density at radius 1 is 0.931 bits per heavy atom. The van der Waals surface area contributed by atoms with Crippen molar-refractivity contribution >= 4 is 16.7 Å². The van der Waals surface area contributed by atoms with Crippen LogP contribution in [-0.2, 0) is 4.79 Å². The second-order valence-electron chi connectivity index (χ2n) is 7.32. The highest BCUT2D eigenvalue weighted by atomic mass is 16.5. The molecule has 0 saturated heterocycles. The van der Waals surface area contributed by atoms with E-state index in [1.807, 2.05) is 67.6 Å². The minimum Gasteiger partial charge on any atom is -0.491 e. The molecule has 0 spiro atoms. The van der Waals surface area contributed by atoms with Gasteiger partial charge in [0.25, 0.3) is 5.91 Å². The summed E-state index contributed by atoms with van der Waals surface area (Å²) in [5.41, 5.74) is 1.17. The smallest absolute Gasteiger partial charge is 0.261 e. The fraction of sp³-hybridized carbons (Fsp3) is 0.320. The Balaban J connectivity index is 1.55. The SMILES string of the molecule is CC[C@@H](Oc1cccc2ccccc12)C(=O)NCCOc1ccccc1C(C)C. The summed E-state index contributed by atoms with van der Waals surface area (Å²) in [5, 5.41) is 5.04. The van der Waals surface area contributed by atoms with Crippen molar-refractivity contribution in [2.45, 2.75) is 39.2 Å². The Morgan fingerprint density at radius 3 is 2.41 bits per heavy atom. The molecule has 0 aliphatic heterocycles. The maximum absolute atomic E-state index is 12.6. The van der Waals surface area contributed by atoms with Crippen molar-refractivity contribution in [1.82, 2.24) is 5.32 Å². The standard InChI is InChI=1S/C25H29NO3/c1-4-22(29-24-15-9-11-19-10-5-6-13-21(19)24)25(27)26-16-17-28-23-14-8-7-12-20(23)18(2)3/h5-15,18,22H,4,16-17H2,1-3H3,(H,26,27)/t22-/m1/s1. The lowest BCUT2D eigenvalue weighted by molar-refractivity contribution is -0.128. The number of fused-ring (bicyclic) bond motifs is 1. The van der Waals surface area contributed by atoms with Crippen molar-refractivity contribution in [3.63, 3.8) is 0 Å². The first-order valence-corrected chi connectivity index (χ1v) is 10.2. The quantitative estimate of drug-likeness (QED) is 0.503. The van der Waals surface area contributed by atoms with E-state index in [2.05, 4.69) is 25.2 Å². The largest absolute Gasteiger partial charge is 0.491 e. The lowest BCUT2D eigenvalue weighted by Gasteiger charge is -2.19. The molecule has 1 atom stereocenters. The van der Waals surface area contributed by atoms with Crippen LogP contribution < -0.4 is 14.8 Å². The third-order valence-electron chi connectivity index (χ3n) is 4.88. The van der Waals surface area contributed by atoms with Gasteiger partial charge in [0.1, 0.15) is 18.1 Å². The molecule has 152 valence electrons. The summed E-state index contributed by atoms with van der Waals surface area (Å²) < 4.78 is 11.9. The highest BCUT2D eigenvalue weighted by Crippen LogP contribution is 2.27. The number of nitrogens with one attached hydrogen (secondary N) is 1. The molecular formula is C25H29NO3. The average Bonchev–Trinajstić information content (AvgIpc) is 2.75. The molecule has 0 aromatic heterocycles. The van der Waals surface area contributed by atoms with Crippen LogP contribution in [0.2, 0.25) is 0 Å². The normalized spacial score (nSPS) is 12.0. The monoisotopic (exact) mass is 391 g/mol. The summed E-state index contributed by atoms with van der Waals surface area (Å²) in [6.07, 6.45) is 0.0512. The number of hydrogen-bond acceptors (Lipinski definition) is 3. The number of carbonyl (C=O) groups is 1. The first kappa shape index (κ1) is 20.7. The molecular weight excluding hydrogens is 362 g/mol. The van der Waals surface area contributed by atoms with Gasteiger partial charge in [-0.3, -0.25) is 4.79 Å². The molecule has 3 aromatic rings. The van der Waals surface area contributed by atoms with Crippen LogP contribution in [0.1, 0.15) is 38.7 Å². The van der Waals surface area contributed by atoms with Crippen molar-refractivity contribution in [3.8, 4) is 11.5 Å². The minimum atomic E-state index is -0.538. The number of ether oxygens (including phenoxy) is 2. The van der Waals surface area contributed by atoms with E-state index in [-0.39, 0.29) is 5.91 Å². The molecule has 4 nitrogen and oxygen atoms in total.